The molecule has 2 unspecified atom stereocenters. The third-order valence-corrected chi connectivity index (χ3v) is 5.70. The molecule has 0 bridgehead atoms. The first-order valence-corrected chi connectivity index (χ1v) is 12.5. The average Bonchev–Trinajstić information content (AvgIpc) is 2.73. The van der Waals surface area contributed by atoms with Gasteiger partial charge in [0.15, 0.2) is 6.23 Å². The number of carbonyl (C=O) groups is 1. The maximum Gasteiger partial charge on any atom is 0.330 e. The van der Waals surface area contributed by atoms with Gasteiger partial charge in [0.05, 0.1) is 5.41 Å². The number of hydroxylamine groups is 2. The van der Waals surface area contributed by atoms with Gasteiger partial charge in [-0.15, -0.1) is 0 Å². The second-order valence-corrected chi connectivity index (χ2v) is 11.2. The van der Waals surface area contributed by atoms with Gasteiger partial charge in [0.2, 0.25) is 0 Å². The molecule has 0 spiro atoms. The topological polar surface area (TPSA) is 54.5 Å². The molecule has 0 saturated carbocycles. The molecule has 37 heavy (non-hydrogen) atoms. The SMILES string of the molecule is CN(C)Cc1cc(F)cc(OC2CCN(OC(=O)C(C)(C)C)C(Oc3cc(F)cc(CN(C)C)c3)C2)c1. The lowest BCUT2D eigenvalue weighted by Gasteiger charge is -2.38. The Hall–Kier alpha value is -2.75. The Morgan fingerprint density at radius 2 is 1.41 bits per heavy atom. The number of hydrogen-bond donors (Lipinski definition) is 0. The smallest absolute Gasteiger partial charge is 0.330 e. The molecule has 204 valence electrons. The highest BCUT2D eigenvalue weighted by Crippen LogP contribution is 2.29. The molecular weight excluding hydrogens is 480 g/mol. The summed E-state index contributed by atoms with van der Waals surface area (Å²) in [6.45, 7) is 6.79. The van der Waals surface area contributed by atoms with Gasteiger partial charge >= 0.3 is 5.97 Å². The van der Waals surface area contributed by atoms with Crippen LogP contribution in [-0.4, -0.2) is 67.9 Å². The zero-order chi connectivity index (χ0) is 27.3. The van der Waals surface area contributed by atoms with Crippen LogP contribution in [0.4, 0.5) is 8.78 Å². The van der Waals surface area contributed by atoms with E-state index in [9.17, 15) is 13.6 Å². The van der Waals surface area contributed by atoms with Crippen molar-refractivity contribution in [2.45, 2.75) is 59.0 Å². The van der Waals surface area contributed by atoms with E-state index in [0.717, 1.165) is 11.1 Å². The van der Waals surface area contributed by atoms with E-state index in [1.807, 2.05) is 44.1 Å². The molecule has 0 aromatic heterocycles. The lowest BCUT2D eigenvalue weighted by molar-refractivity contribution is -0.249. The molecule has 2 aromatic rings. The molecular formula is C28H39F2N3O4. The highest BCUT2D eigenvalue weighted by Gasteiger charge is 2.36. The second-order valence-electron chi connectivity index (χ2n) is 11.2. The lowest BCUT2D eigenvalue weighted by atomic mass is 9.98. The summed E-state index contributed by atoms with van der Waals surface area (Å²) in [6, 6.07) is 9.23. The maximum atomic E-state index is 14.4. The molecule has 0 radical (unpaired) electrons. The fourth-order valence-corrected chi connectivity index (χ4v) is 4.08. The number of nitrogens with zero attached hydrogens (tertiary/aromatic N) is 3. The zero-order valence-corrected chi connectivity index (χ0v) is 22.9. The minimum absolute atomic E-state index is 0.321. The van der Waals surface area contributed by atoms with Crippen molar-refractivity contribution in [2.75, 3.05) is 34.7 Å². The number of halogens is 2. The average molecular weight is 520 g/mol. The van der Waals surface area contributed by atoms with E-state index in [1.165, 1.54) is 29.3 Å². The van der Waals surface area contributed by atoms with E-state index in [1.54, 1.807) is 26.8 Å². The molecule has 3 rings (SSSR count). The monoisotopic (exact) mass is 519 g/mol. The Morgan fingerprint density at radius 3 is 1.89 bits per heavy atom. The number of piperidine rings is 1. The zero-order valence-electron chi connectivity index (χ0n) is 22.9. The van der Waals surface area contributed by atoms with Gasteiger partial charge in [-0.2, -0.15) is 0 Å². The van der Waals surface area contributed by atoms with Gasteiger partial charge in [-0.1, -0.05) is 5.06 Å². The van der Waals surface area contributed by atoms with Crippen molar-refractivity contribution in [1.29, 1.82) is 0 Å². The molecule has 1 fully saturated rings. The van der Waals surface area contributed by atoms with Crippen LogP contribution >= 0.6 is 0 Å². The molecule has 1 saturated heterocycles. The molecule has 1 aliphatic heterocycles. The minimum atomic E-state index is -0.714. The maximum absolute atomic E-state index is 14.4. The van der Waals surface area contributed by atoms with Gasteiger partial charge in [-0.25, -0.2) is 13.6 Å². The van der Waals surface area contributed by atoms with E-state index in [2.05, 4.69) is 0 Å². The molecule has 1 aliphatic rings. The Bertz CT molecular complexity index is 1070. The Kier molecular flexibility index (Phi) is 9.50. The van der Waals surface area contributed by atoms with Crippen LogP contribution in [0.2, 0.25) is 0 Å². The molecule has 0 amide bonds. The van der Waals surface area contributed by atoms with Crippen molar-refractivity contribution in [3.05, 3.63) is 59.2 Å². The highest BCUT2D eigenvalue weighted by molar-refractivity contribution is 5.75. The molecule has 2 aromatic carbocycles. The Balaban J connectivity index is 1.81. The van der Waals surface area contributed by atoms with Crippen LogP contribution in [0, 0.1) is 17.0 Å². The van der Waals surface area contributed by atoms with Gasteiger partial charge in [0.1, 0.15) is 29.2 Å². The molecule has 2 atom stereocenters. The fraction of sp³-hybridized carbons (Fsp3) is 0.536. The molecule has 1 heterocycles. The van der Waals surface area contributed by atoms with Gasteiger partial charge in [-0.3, -0.25) is 0 Å². The highest BCUT2D eigenvalue weighted by atomic mass is 19.1. The van der Waals surface area contributed by atoms with Crippen LogP contribution in [0.3, 0.4) is 0 Å². The summed E-state index contributed by atoms with van der Waals surface area (Å²) in [5.74, 6) is -0.416. The number of ether oxygens (including phenoxy) is 2. The number of benzene rings is 2. The van der Waals surface area contributed by atoms with Crippen LogP contribution in [0.15, 0.2) is 36.4 Å². The van der Waals surface area contributed by atoms with Crippen molar-refractivity contribution in [3.8, 4) is 11.5 Å². The van der Waals surface area contributed by atoms with Gasteiger partial charge in [-0.05, 0) is 84.4 Å². The van der Waals surface area contributed by atoms with Crippen LogP contribution in [-0.2, 0) is 22.7 Å². The van der Waals surface area contributed by atoms with Crippen LogP contribution in [0.5, 0.6) is 11.5 Å². The summed E-state index contributed by atoms with van der Waals surface area (Å²) in [4.78, 5) is 22.2. The quantitative estimate of drug-likeness (QED) is 0.470. The van der Waals surface area contributed by atoms with Crippen molar-refractivity contribution < 1.29 is 27.9 Å². The first-order valence-electron chi connectivity index (χ1n) is 12.5. The van der Waals surface area contributed by atoms with Crippen molar-refractivity contribution >= 4 is 5.97 Å². The standard InChI is InChI=1S/C28H39F2N3O4/c1-28(2,3)27(34)37-33-9-8-23(35-24-12-19(17-31(4)5)10-21(29)14-24)16-26(33)36-25-13-20(18-32(6)7)11-22(30)15-25/h10-15,23,26H,8-9,16-18H2,1-7H3. The summed E-state index contributed by atoms with van der Waals surface area (Å²) >= 11 is 0. The van der Waals surface area contributed by atoms with Gasteiger partial charge in [0, 0.05) is 44.6 Å². The van der Waals surface area contributed by atoms with Crippen molar-refractivity contribution in [2.24, 2.45) is 5.41 Å². The first kappa shape index (κ1) is 28.8. The molecule has 0 N–H and O–H groups in total. The van der Waals surface area contributed by atoms with E-state index < -0.39 is 23.4 Å². The normalized spacial score (nSPS) is 18.8. The third kappa shape index (κ3) is 8.94. The third-order valence-electron chi connectivity index (χ3n) is 5.70. The van der Waals surface area contributed by atoms with Crippen LogP contribution < -0.4 is 9.47 Å². The van der Waals surface area contributed by atoms with E-state index in [4.69, 9.17) is 14.3 Å². The van der Waals surface area contributed by atoms with Crippen LogP contribution in [0.25, 0.3) is 0 Å². The largest absolute Gasteiger partial charge is 0.490 e. The Labute approximate surface area is 218 Å². The van der Waals surface area contributed by atoms with E-state index >= 15 is 0 Å². The summed E-state index contributed by atoms with van der Waals surface area (Å²) in [5.41, 5.74) is 0.854. The summed E-state index contributed by atoms with van der Waals surface area (Å²) in [6.07, 6.45) is -0.172. The minimum Gasteiger partial charge on any atom is -0.490 e. The number of rotatable bonds is 9. The summed E-state index contributed by atoms with van der Waals surface area (Å²) < 4.78 is 41.0. The molecule has 9 heteroatoms. The van der Waals surface area contributed by atoms with E-state index in [-0.39, 0.29) is 11.9 Å². The molecule has 0 aliphatic carbocycles. The van der Waals surface area contributed by atoms with Crippen molar-refractivity contribution in [1.82, 2.24) is 14.9 Å². The van der Waals surface area contributed by atoms with Crippen LogP contribution in [0.1, 0.15) is 44.7 Å². The predicted molar refractivity (Wildman–Crippen MR) is 138 cm³/mol. The first-order chi connectivity index (χ1) is 17.3. The molecule has 7 nitrogen and oxygen atoms in total. The predicted octanol–water partition coefficient (Wildman–Crippen LogP) is 4.84. The lowest BCUT2D eigenvalue weighted by Crippen LogP contribution is -2.50. The Morgan fingerprint density at radius 1 is 0.892 bits per heavy atom. The van der Waals surface area contributed by atoms with Gasteiger partial charge < -0.3 is 24.1 Å². The second kappa shape index (κ2) is 12.2. The number of hydrogen-bond acceptors (Lipinski definition) is 7. The van der Waals surface area contributed by atoms with Crippen molar-refractivity contribution in [3.63, 3.8) is 0 Å². The fourth-order valence-electron chi connectivity index (χ4n) is 4.08. The van der Waals surface area contributed by atoms with E-state index in [0.29, 0.717) is 44.0 Å². The van der Waals surface area contributed by atoms with Gasteiger partial charge in [0.25, 0.3) is 0 Å². The summed E-state index contributed by atoms with van der Waals surface area (Å²) in [7, 11) is 7.63. The number of carbonyl (C=O) groups excluding carboxylic acids is 1. The summed E-state index contributed by atoms with van der Waals surface area (Å²) in [5, 5.41) is 1.49.